The van der Waals surface area contributed by atoms with Crippen LogP contribution in [0.5, 0.6) is 0 Å². The van der Waals surface area contributed by atoms with Crippen LogP contribution in [-0.4, -0.2) is 5.71 Å². The lowest BCUT2D eigenvalue weighted by molar-refractivity contribution is 0.709. The van der Waals surface area contributed by atoms with Crippen molar-refractivity contribution in [1.29, 1.82) is 0 Å². The maximum Gasteiger partial charge on any atom is 0.0831 e. The van der Waals surface area contributed by atoms with E-state index in [0.29, 0.717) is 0 Å². The molecule has 1 atom stereocenters. The minimum Gasteiger partial charge on any atom is -0.257 e. The monoisotopic (exact) mass is 470 g/mol. The van der Waals surface area contributed by atoms with Crippen LogP contribution < -0.4 is 5.01 Å². The molecular formula is C23H17BrCl2N2. The number of benzene rings is 3. The molecule has 2 nitrogen and oxygen atoms in total. The van der Waals surface area contributed by atoms with Gasteiger partial charge in [0.2, 0.25) is 0 Å². The molecule has 1 aliphatic heterocycles. The summed E-state index contributed by atoms with van der Waals surface area (Å²) >= 11 is 15.6. The molecule has 0 bridgehead atoms. The Kier molecular flexibility index (Phi) is 5.86. The summed E-state index contributed by atoms with van der Waals surface area (Å²) in [7, 11) is 0. The zero-order valence-electron chi connectivity index (χ0n) is 14.9. The van der Waals surface area contributed by atoms with E-state index >= 15 is 0 Å². The Morgan fingerprint density at radius 3 is 2.25 bits per heavy atom. The van der Waals surface area contributed by atoms with Gasteiger partial charge >= 0.3 is 0 Å². The van der Waals surface area contributed by atoms with Crippen LogP contribution in [0.1, 0.15) is 23.6 Å². The lowest BCUT2D eigenvalue weighted by atomic mass is 10.0. The first-order valence-electron chi connectivity index (χ1n) is 8.90. The van der Waals surface area contributed by atoms with E-state index in [1.54, 1.807) is 0 Å². The normalized spacial score (nSPS) is 16.6. The van der Waals surface area contributed by atoms with Crippen LogP contribution in [-0.2, 0) is 0 Å². The molecule has 140 valence electrons. The summed E-state index contributed by atoms with van der Waals surface area (Å²) in [6, 6.07) is 24.1. The van der Waals surface area contributed by atoms with Gasteiger partial charge in [-0.25, -0.2) is 0 Å². The molecule has 0 N–H and O–H groups in total. The zero-order chi connectivity index (χ0) is 19.5. The molecule has 1 unspecified atom stereocenters. The molecule has 1 heterocycles. The van der Waals surface area contributed by atoms with Crippen molar-refractivity contribution in [3.8, 4) is 0 Å². The molecule has 0 saturated heterocycles. The van der Waals surface area contributed by atoms with Gasteiger partial charge in [0.15, 0.2) is 0 Å². The molecule has 1 aliphatic rings. The van der Waals surface area contributed by atoms with E-state index in [1.165, 1.54) is 5.56 Å². The predicted molar refractivity (Wildman–Crippen MR) is 123 cm³/mol. The second kappa shape index (κ2) is 8.52. The van der Waals surface area contributed by atoms with Gasteiger partial charge in [0.05, 0.1) is 17.4 Å². The van der Waals surface area contributed by atoms with E-state index < -0.39 is 0 Å². The van der Waals surface area contributed by atoms with Crippen LogP contribution in [0.4, 0.5) is 5.69 Å². The van der Waals surface area contributed by atoms with E-state index in [9.17, 15) is 0 Å². The molecule has 0 fully saturated rings. The Morgan fingerprint density at radius 2 is 1.57 bits per heavy atom. The SMILES string of the molecule is Clc1ccc(/C=C/C2=NN(c3cccc(Br)c3)C(c3ccc(Cl)cc3)C2)cc1. The minimum atomic E-state index is 0.122. The van der Waals surface area contributed by atoms with E-state index in [1.807, 2.05) is 48.5 Å². The minimum absolute atomic E-state index is 0.122. The third-order valence-corrected chi connectivity index (χ3v) is 5.60. The maximum absolute atomic E-state index is 6.08. The second-order valence-electron chi connectivity index (χ2n) is 6.57. The highest BCUT2D eigenvalue weighted by Crippen LogP contribution is 2.36. The average molecular weight is 472 g/mol. The quantitative estimate of drug-likeness (QED) is 0.379. The Balaban J connectivity index is 1.65. The molecule has 5 heteroatoms. The van der Waals surface area contributed by atoms with Crippen molar-refractivity contribution in [2.24, 2.45) is 5.10 Å². The Bertz CT molecular complexity index is 1030. The zero-order valence-corrected chi connectivity index (χ0v) is 18.0. The molecule has 0 spiro atoms. The number of rotatable bonds is 4. The van der Waals surface area contributed by atoms with Gasteiger partial charge in [-0.05, 0) is 59.7 Å². The van der Waals surface area contributed by atoms with Gasteiger partial charge in [-0.15, -0.1) is 0 Å². The first-order valence-corrected chi connectivity index (χ1v) is 10.4. The van der Waals surface area contributed by atoms with E-state index in [4.69, 9.17) is 28.3 Å². The third kappa shape index (κ3) is 4.49. The Morgan fingerprint density at radius 1 is 0.893 bits per heavy atom. The molecule has 3 aromatic carbocycles. The molecule has 0 amide bonds. The lowest BCUT2D eigenvalue weighted by Gasteiger charge is -2.24. The van der Waals surface area contributed by atoms with Crippen LogP contribution >= 0.6 is 39.1 Å². The second-order valence-corrected chi connectivity index (χ2v) is 8.36. The molecule has 0 aliphatic carbocycles. The average Bonchev–Trinajstić information content (AvgIpc) is 3.12. The van der Waals surface area contributed by atoms with Crippen LogP contribution in [0.25, 0.3) is 6.08 Å². The van der Waals surface area contributed by atoms with Gasteiger partial charge in [-0.1, -0.05) is 75.5 Å². The fourth-order valence-electron chi connectivity index (χ4n) is 3.20. The molecular weight excluding hydrogens is 455 g/mol. The summed E-state index contributed by atoms with van der Waals surface area (Å²) in [6.07, 6.45) is 4.96. The number of allylic oxidation sites excluding steroid dienone is 1. The van der Waals surface area contributed by atoms with Crippen molar-refractivity contribution >= 4 is 56.6 Å². The highest BCUT2D eigenvalue weighted by Gasteiger charge is 2.28. The van der Waals surface area contributed by atoms with Gasteiger partial charge < -0.3 is 0 Å². The topological polar surface area (TPSA) is 15.6 Å². The Labute approximate surface area is 183 Å². The number of nitrogens with zero attached hydrogens (tertiary/aromatic N) is 2. The maximum atomic E-state index is 6.08. The Hall–Kier alpha value is -2.07. The number of hydrogen-bond donors (Lipinski definition) is 0. The number of halogens is 3. The van der Waals surface area contributed by atoms with E-state index in [0.717, 1.165) is 37.9 Å². The van der Waals surface area contributed by atoms with Crippen molar-refractivity contribution in [2.75, 3.05) is 5.01 Å². The highest BCUT2D eigenvalue weighted by atomic mass is 79.9. The van der Waals surface area contributed by atoms with Crippen LogP contribution in [0.15, 0.2) is 88.4 Å². The molecule has 0 saturated carbocycles. The number of hydrogen-bond acceptors (Lipinski definition) is 2. The molecule has 0 aromatic heterocycles. The molecule has 4 rings (SSSR count). The summed E-state index contributed by atoms with van der Waals surface area (Å²) in [4.78, 5) is 0. The van der Waals surface area contributed by atoms with E-state index in [2.05, 4.69) is 57.4 Å². The van der Waals surface area contributed by atoms with Crippen molar-refractivity contribution in [1.82, 2.24) is 0 Å². The number of hydrazone groups is 1. The standard InChI is InChI=1S/C23H17BrCl2N2/c24-18-2-1-3-22(14-18)28-23(17-7-11-20(26)12-8-17)15-21(27-28)13-6-16-4-9-19(25)10-5-16/h1-14,23H,15H2/b13-6+. The molecule has 0 radical (unpaired) electrons. The van der Waals surface area contributed by atoms with Crippen LogP contribution in [0, 0.1) is 0 Å². The van der Waals surface area contributed by atoms with Gasteiger partial charge in [0, 0.05) is 20.9 Å². The summed E-state index contributed by atoms with van der Waals surface area (Å²) in [6.45, 7) is 0. The highest BCUT2D eigenvalue weighted by molar-refractivity contribution is 9.10. The summed E-state index contributed by atoms with van der Waals surface area (Å²) < 4.78 is 1.03. The van der Waals surface area contributed by atoms with Crippen LogP contribution in [0.2, 0.25) is 10.0 Å². The lowest BCUT2D eigenvalue weighted by Crippen LogP contribution is -2.18. The third-order valence-electron chi connectivity index (χ3n) is 4.60. The van der Waals surface area contributed by atoms with Crippen molar-refractivity contribution in [3.63, 3.8) is 0 Å². The molecule has 28 heavy (non-hydrogen) atoms. The summed E-state index contributed by atoms with van der Waals surface area (Å²) in [5.74, 6) is 0. The first-order chi connectivity index (χ1) is 13.6. The van der Waals surface area contributed by atoms with E-state index in [-0.39, 0.29) is 6.04 Å². The van der Waals surface area contributed by atoms with Gasteiger partial charge in [-0.2, -0.15) is 5.10 Å². The van der Waals surface area contributed by atoms with Crippen molar-refractivity contribution in [3.05, 3.63) is 105 Å². The predicted octanol–water partition coefficient (Wildman–Crippen LogP) is 7.78. The smallest absolute Gasteiger partial charge is 0.0831 e. The van der Waals surface area contributed by atoms with Gasteiger partial charge in [0.1, 0.15) is 0 Å². The first kappa shape index (κ1) is 19.3. The van der Waals surface area contributed by atoms with Gasteiger partial charge in [-0.3, -0.25) is 5.01 Å². The van der Waals surface area contributed by atoms with Crippen molar-refractivity contribution in [2.45, 2.75) is 12.5 Å². The fourth-order valence-corrected chi connectivity index (χ4v) is 3.84. The van der Waals surface area contributed by atoms with Crippen LogP contribution in [0.3, 0.4) is 0 Å². The fraction of sp³-hybridized carbons (Fsp3) is 0.0870. The summed E-state index contributed by atoms with van der Waals surface area (Å²) in [5.41, 5.74) is 4.35. The summed E-state index contributed by atoms with van der Waals surface area (Å²) in [5, 5.41) is 8.45. The van der Waals surface area contributed by atoms with Crippen molar-refractivity contribution < 1.29 is 0 Å². The largest absolute Gasteiger partial charge is 0.257 e. The van der Waals surface area contributed by atoms with Gasteiger partial charge in [0.25, 0.3) is 0 Å². The number of anilines is 1. The molecule has 3 aromatic rings.